The van der Waals surface area contributed by atoms with E-state index in [9.17, 15) is 14.4 Å². The van der Waals surface area contributed by atoms with Gasteiger partial charge in [-0.1, -0.05) is 18.2 Å². The van der Waals surface area contributed by atoms with Gasteiger partial charge in [0.05, 0.1) is 10.7 Å². The second-order valence-electron chi connectivity index (χ2n) is 6.54. The number of carbonyl (C=O) groups is 3. The highest BCUT2D eigenvalue weighted by Crippen LogP contribution is 2.35. The molecule has 1 aliphatic heterocycles. The van der Waals surface area contributed by atoms with Gasteiger partial charge in [0.15, 0.2) is 11.5 Å². The highest BCUT2D eigenvalue weighted by Gasteiger charge is 2.27. The maximum atomic E-state index is 11.9. The topological polar surface area (TPSA) is 93.7 Å². The van der Waals surface area contributed by atoms with Gasteiger partial charge >= 0.3 is 6.03 Å². The molecule has 0 aliphatic carbocycles. The highest BCUT2D eigenvalue weighted by molar-refractivity contribution is 14.1. The third-order valence-electron chi connectivity index (χ3n) is 4.46. The van der Waals surface area contributed by atoms with Gasteiger partial charge in [-0.15, -0.1) is 0 Å². The normalized spacial score (nSPS) is 13.7. The second-order valence-corrected chi connectivity index (χ2v) is 7.70. The summed E-state index contributed by atoms with van der Waals surface area (Å²) in [6.07, 6.45) is 1.40. The van der Waals surface area contributed by atoms with Crippen LogP contribution in [-0.4, -0.2) is 25.0 Å². The molecule has 0 saturated carbocycles. The molecule has 29 heavy (non-hydrogen) atoms. The highest BCUT2D eigenvalue weighted by atomic mass is 127. The number of rotatable bonds is 5. The molecule has 2 aromatic rings. The van der Waals surface area contributed by atoms with Crippen molar-refractivity contribution >= 4 is 46.5 Å². The van der Waals surface area contributed by atoms with Crippen LogP contribution in [0.4, 0.5) is 4.79 Å². The zero-order valence-electron chi connectivity index (χ0n) is 16.1. The minimum Gasteiger partial charge on any atom is -0.493 e. The van der Waals surface area contributed by atoms with Gasteiger partial charge in [-0.2, -0.15) is 0 Å². The van der Waals surface area contributed by atoms with Gasteiger partial charge in [0.1, 0.15) is 12.2 Å². The molecule has 0 unspecified atom stereocenters. The number of amides is 4. The fourth-order valence-electron chi connectivity index (χ4n) is 2.79. The second kappa shape index (κ2) is 8.64. The van der Waals surface area contributed by atoms with Crippen molar-refractivity contribution in [2.45, 2.75) is 20.5 Å². The number of halogens is 1. The standard InChI is InChI=1S/C21H19IN2O5/c1-11-4-5-13(6-12(11)2)10-29-18-16(22)8-14(9-17(18)28-3)7-15-19(25)23-21(27)24-20(15)26/h4-9H,10H2,1-3H3,(H2,23,24,25,26,27). The van der Waals surface area contributed by atoms with Gasteiger partial charge in [0, 0.05) is 0 Å². The number of hydrogen-bond donors (Lipinski definition) is 2. The van der Waals surface area contributed by atoms with Gasteiger partial charge in [-0.25, -0.2) is 4.79 Å². The Balaban J connectivity index is 1.86. The minimum absolute atomic E-state index is 0.161. The Morgan fingerprint density at radius 2 is 1.69 bits per heavy atom. The first-order valence-electron chi connectivity index (χ1n) is 8.73. The fourth-order valence-corrected chi connectivity index (χ4v) is 3.57. The summed E-state index contributed by atoms with van der Waals surface area (Å²) >= 11 is 2.11. The van der Waals surface area contributed by atoms with Gasteiger partial charge in [-0.3, -0.25) is 20.2 Å². The van der Waals surface area contributed by atoms with E-state index < -0.39 is 17.8 Å². The lowest BCUT2D eigenvalue weighted by molar-refractivity contribution is -0.123. The number of urea groups is 1. The summed E-state index contributed by atoms with van der Waals surface area (Å²) in [5, 5.41) is 4.09. The smallest absolute Gasteiger partial charge is 0.328 e. The number of imide groups is 2. The minimum atomic E-state index is -0.834. The number of benzene rings is 2. The molecule has 0 bridgehead atoms. The lowest BCUT2D eigenvalue weighted by Crippen LogP contribution is -2.51. The van der Waals surface area contributed by atoms with Crippen LogP contribution < -0.4 is 20.1 Å². The molecule has 4 amide bonds. The summed E-state index contributed by atoms with van der Waals surface area (Å²) in [7, 11) is 1.52. The maximum Gasteiger partial charge on any atom is 0.328 e. The zero-order valence-corrected chi connectivity index (χ0v) is 18.2. The molecule has 7 nitrogen and oxygen atoms in total. The van der Waals surface area contributed by atoms with Crippen LogP contribution in [-0.2, 0) is 16.2 Å². The molecule has 150 valence electrons. The molecule has 1 heterocycles. The van der Waals surface area contributed by atoms with Crippen LogP contribution >= 0.6 is 22.6 Å². The summed E-state index contributed by atoms with van der Waals surface area (Å²) < 4.78 is 12.2. The maximum absolute atomic E-state index is 11.9. The predicted octanol–water partition coefficient (Wildman–Crippen LogP) is 3.25. The molecular weight excluding hydrogens is 487 g/mol. The van der Waals surface area contributed by atoms with Crippen molar-refractivity contribution in [1.29, 1.82) is 0 Å². The van der Waals surface area contributed by atoms with Crippen LogP contribution in [0.3, 0.4) is 0 Å². The Bertz CT molecular complexity index is 1020. The zero-order chi connectivity index (χ0) is 21.1. The number of carbonyl (C=O) groups excluding carboxylic acids is 3. The van der Waals surface area contributed by atoms with Crippen LogP contribution in [0.2, 0.25) is 0 Å². The van der Waals surface area contributed by atoms with Crippen LogP contribution in [0.1, 0.15) is 22.3 Å². The third kappa shape index (κ3) is 4.76. The summed E-state index contributed by atoms with van der Waals surface area (Å²) in [6, 6.07) is 8.75. The lowest BCUT2D eigenvalue weighted by Gasteiger charge is -2.16. The van der Waals surface area contributed by atoms with E-state index in [2.05, 4.69) is 48.6 Å². The van der Waals surface area contributed by atoms with Crippen molar-refractivity contribution in [3.05, 3.63) is 61.7 Å². The van der Waals surface area contributed by atoms with Crippen LogP contribution in [0.5, 0.6) is 11.5 Å². The van der Waals surface area contributed by atoms with Crippen molar-refractivity contribution in [1.82, 2.24) is 10.6 Å². The Kier molecular flexibility index (Phi) is 6.21. The molecule has 0 radical (unpaired) electrons. The molecule has 3 rings (SSSR count). The summed E-state index contributed by atoms with van der Waals surface area (Å²) in [6.45, 7) is 4.49. The average Bonchev–Trinajstić information content (AvgIpc) is 2.66. The Hall–Kier alpha value is -2.88. The molecule has 8 heteroatoms. The average molecular weight is 506 g/mol. The number of hydrogen-bond acceptors (Lipinski definition) is 5. The number of nitrogens with one attached hydrogen (secondary N) is 2. The number of methoxy groups -OCH3 is 1. The molecule has 0 atom stereocenters. The van der Waals surface area contributed by atoms with Gasteiger partial charge in [-0.05, 0) is 76.9 Å². The van der Waals surface area contributed by atoms with E-state index in [0.29, 0.717) is 23.7 Å². The quantitative estimate of drug-likeness (QED) is 0.369. The van der Waals surface area contributed by atoms with E-state index in [1.54, 1.807) is 12.1 Å². The number of aryl methyl sites for hydroxylation is 2. The SMILES string of the molecule is COc1cc(C=C2C(=O)NC(=O)NC2=O)cc(I)c1OCc1ccc(C)c(C)c1. The molecule has 2 N–H and O–H groups in total. The van der Waals surface area contributed by atoms with Gasteiger partial charge in [0.2, 0.25) is 0 Å². The molecule has 1 aliphatic rings. The fraction of sp³-hybridized carbons (Fsp3) is 0.190. The molecule has 0 spiro atoms. The monoisotopic (exact) mass is 506 g/mol. The molecule has 2 aromatic carbocycles. The van der Waals surface area contributed by atoms with Crippen LogP contribution in [0, 0.1) is 17.4 Å². The van der Waals surface area contributed by atoms with Crippen molar-refractivity contribution in [3.8, 4) is 11.5 Å². The number of barbiturate groups is 1. The van der Waals surface area contributed by atoms with Crippen molar-refractivity contribution in [3.63, 3.8) is 0 Å². The summed E-state index contributed by atoms with van der Waals surface area (Å²) in [4.78, 5) is 35.0. The van der Waals surface area contributed by atoms with Crippen LogP contribution in [0.25, 0.3) is 6.08 Å². The molecule has 0 aromatic heterocycles. The van der Waals surface area contributed by atoms with Crippen molar-refractivity contribution in [2.75, 3.05) is 7.11 Å². The van der Waals surface area contributed by atoms with E-state index in [0.717, 1.165) is 9.13 Å². The van der Waals surface area contributed by atoms with E-state index in [-0.39, 0.29) is 5.57 Å². The summed E-state index contributed by atoms with van der Waals surface area (Å²) in [5.74, 6) is -0.452. The lowest BCUT2D eigenvalue weighted by atomic mass is 10.1. The Labute approximate surface area is 181 Å². The first kappa shape index (κ1) is 20.8. The first-order chi connectivity index (χ1) is 13.8. The molecular formula is C21H19IN2O5. The van der Waals surface area contributed by atoms with Crippen molar-refractivity contribution < 1.29 is 23.9 Å². The predicted molar refractivity (Wildman–Crippen MR) is 116 cm³/mol. The Morgan fingerprint density at radius 1 is 1.00 bits per heavy atom. The number of ether oxygens (including phenoxy) is 2. The van der Waals surface area contributed by atoms with Gasteiger partial charge < -0.3 is 9.47 Å². The first-order valence-corrected chi connectivity index (χ1v) is 9.81. The molecule has 1 fully saturated rings. The van der Waals surface area contributed by atoms with E-state index in [1.165, 1.54) is 24.3 Å². The van der Waals surface area contributed by atoms with E-state index in [1.807, 2.05) is 16.7 Å². The third-order valence-corrected chi connectivity index (χ3v) is 5.26. The van der Waals surface area contributed by atoms with E-state index in [4.69, 9.17) is 9.47 Å². The van der Waals surface area contributed by atoms with E-state index >= 15 is 0 Å². The Morgan fingerprint density at radius 3 is 2.31 bits per heavy atom. The van der Waals surface area contributed by atoms with Crippen molar-refractivity contribution in [2.24, 2.45) is 0 Å². The molecule has 1 saturated heterocycles. The largest absolute Gasteiger partial charge is 0.493 e. The van der Waals surface area contributed by atoms with Crippen LogP contribution in [0.15, 0.2) is 35.9 Å². The summed E-state index contributed by atoms with van der Waals surface area (Å²) in [5.41, 5.74) is 3.86. The van der Waals surface area contributed by atoms with Gasteiger partial charge in [0.25, 0.3) is 11.8 Å².